The van der Waals surface area contributed by atoms with E-state index in [1.807, 2.05) is 54.6 Å². The lowest BCUT2D eigenvalue weighted by molar-refractivity contribution is 0.483. The van der Waals surface area contributed by atoms with Crippen molar-refractivity contribution in [1.29, 1.82) is 0 Å². The number of halogens is 1. The molecule has 0 radical (unpaired) electrons. The molecule has 1 aromatic heterocycles. The SMILES string of the molecule is Brc1ccsc1CNc1cccc(Oc2ccccc2)c1. The summed E-state index contributed by atoms with van der Waals surface area (Å²) in [5.74, 6) is 1.67. The van der Waals surface area contributed by atoms with Gasteiger partial charge in [0.15, 0.2) is 0 Å². The molecule has 4 heteroatoms. The summed E-state index contributed by atoms with van der Waals surface area (Å²) in [7, 11) is 0. The summed E-state index contributed by atoms with van der Waals surface area (Å²) in [4.78, 5) is 1.28. The molecule has 1 N–H and O–H groups in total. The van der Waals surface area contributed by atoms with E-state index in [1.54, 1.807) is 11.3 Å². The molecule has 0 fully saturated rings. The zero-order valence-electron chi connectivity index (χ0n) is 11.3. The first kappa shape index (κ1) is 14.2. The van der Waals surface area contributed by atoms with E-state index >= 15 is 0 Å². The van der Waals surface area contributed by atoms with Gasteiger partial charge < -0.3 is 10.1 Å². The van der Waals surface area contributed by atoms with Crippen LogP contribution in [0.25, 0.3) is 0 Å². The molecule has 0 bridgehead atoms. The van der Waals surface area contributed by atoms with Crippen molar-refractivity contribution < 1.29 is 4.74 Å². The monoisotopic (exact) mass is 359 g/mol. The van der Waals surface area contributed by atoms with Crippen LogP contribution in [0.4, 0.5) is 5.69 Å². The van der Waals surface area contributed by atoms with Gasteiger partial charge in [0.1, 0.15) is 11.5 Å². The van der Waals surface area contributed by atoms with Crippen LogP contribution in [-0.2, 0) is 6.54 Å². The number of thiophene rings is 1. The summed E-state index contributed by atoms with van der Waals surface area (Å²) in [6.45, 7) is 0.799. The summed E-state index contributed by atoms with van der Waals surface area (Å²) in [5.41, 5.74) is 1.05. The number of para-hydroxylation sites is 1. The minimum Gasteiger partial charge on any atom is -0.457 e. The molecule has 106 valence electrons. The Morgan fingerprint density at radius 1 is 0.952 bits per heavy atom. The highest BCUT2D eigenvalue weighted by Gasteiger charge is 2.02. The molecule has 2 aromatic carbocycles. The van der Waals surface area contributed by atoms with E-state index in [0.717, 1.165) is 28.2 Å². The van der Waals surface area contributed by atoms with Crippen LogP contribution in [0.15, 0.2) is 70.5 Å². The summed E-state index contributed by atoms with van der Waals surface area (Å²) < 4.78 is 6.98. The van der Waals surface area contributed by atoms with Crippen molar-refractivity contribution in [3.8, 4) is 11.5 Å². The van der Waals surface area contributed by atoms with Gasteiger partial charge in [0.25, 0.3) is 0 Å². The summed E-state index contributed by atoms with van der Waals surface area (Å²) in [6, 6.07) is 19.9. The van der Waals surface area contributed by atoms with Crippen LogP contribution in [0.2, 0.25) is 0 Å². The van der Waals surface area contributed by atoms with Crippen LogP contribution in [0.3, 0.4) is 0 Å². The Hall–Kier alpha value is -1.78. The van der Waals surface area contributed by atoms with Crippen LogP contribution < -0.4 is 10.1 Å². The van der Waals surface area contributed by atoms with Crippen LogP contribution in [-0.4, -0.2) is 0 Å². The minimum atomic E-state index is 0.799. The lowest BCUT2D eigenvalue weighted by atomic mass is 10.3. The van der Waals surface area contributed by atoms with Crippen molar-refractivity contribution in [2.75, 3.05) is 5.32 Å². The lowest BCUT2D eigenvalue weighted by Crippen LogP contribution is -1.98. The van der Waals surface area contributed by atoms with Crippen LogP contribution in [0.5, 0.6) is 11.5 Å². The molecule has 3 aromatic rings. The van der Waals surface area contributed by atoms with Gasteiger partial charge in [0, 0.05) is 21.1 Å². The predicted molar refractivity (Wildman–Crippen MR) is 92.3 cm³/mol. The fourth-order valence-electron chi connectivity index (χ4n) is 1.93. The zero-order chi connectivity index (χ0) is 14.5. The summed E-state index contributed by atoms with van der Waals surface area (Å²) in [6.07, 6.45) is 0. The maximum absolute atomic E-state index is 5.83. The van der Waals surface area contributed by atoms with Gasteiger partial charge >= 0.3 is 0 Å². The van der Waals surface area contributed by atoms with Gasteiger partial charge in [-0.05, 0) is 51.6 Å². The fourth-order valence-corrected chi connectivity index (χ4v) is 3.36. The molecule has 0 aliphatic carbocycles. The highest BCUT2D eigenvalue weighted by Crippen LogP contribution is 2.26. The fraction of sp³-hybridized carbons (Fsp3) is 0.0588. The molecule has 0 aliphatic heterocycles. The average Bonchev–Trinajstić information content (AvgIpc) is 2.92. The van der Waals surface area contributed by atoms with Gasteiger partial charge in [-0.2, -0.15) is 0 Å². The molecule has 3 rings (SSSR count). The highest BCUT2D eigenvalue weighted by atomic mass is 79.9. The van der Waals surface area contributed by atoms with Crippen molar-refractivity contribution in [3.05, 3.63) is 75.4 Å². The smallest absolute Gasteiger partial charge is 0.129 e. The Morgan fingerprint density at radius 3 is 2.52 bits per heavy atom. The second-order valence-corrected chi connectivity index (χ2v) is 6.34. The highest BCUT2D eigenvalue weighted by molar-refractivity contribution is 9.10. The number of ether oxygens (including phenoxy) is 1. The standard InChI is InChI=1S/C17H14BrNOS/c18-16-9-10-21-17(16)12-19-13-5-4-8-15(11-13)20-14-6-2-1-3-7-14/h1-11,19H,12H2. The van der Waals surface area contributed by atoms with E-state index in [9.17, 15) is 0 Å². The first-order valence-electron chi connectivity index (χ1n) is 6.60. The Morgan fingerprint density at radius 2 is 1.76 bits per heavy atom. The van der Waals surface area contributed by atoms with Crippen LogP contribution in [0.1, 0.15) is 4.88 Å². The molecule has 0 spiro atoms. The van der Waals surface area contributed by atoms with E-state index in [4.69, 9.17) is 4.74 Å². The quantitative estimate of drug-likeness (QED) is 0.610. The number of nitrogens with one attached hydrogen (secondary N) is 1. The number of hydrogen-bond acceptors (Lipinski definition) is 3. The second kappa shape index (κ2) is 6.78. The van der Waals surface area contributed by atoms with Crippen molar-refractivity contribution in [1.82, 2.24) is 0 Å². The third kappa shape index (κ3) is 3.86. The van der Waals surface area contributed by atoms with E-state index in [-0.39, 0.29) is 0 Å². The third-order valence-corrected chi connectivity index (χ3v) is 4.88. The Labute approximate surface area is 136 Å². The van der Waals surface area contributed by atoms with Crippen molar-refractivity contribution in [2.24, 2.45) is 0 Å². The van der Waals surface area contributed by atoms with Crippen molar-refractivity contribution in [3.63, 3.8) is 0 Å². The van der Waals surface area contributed by atoms with Gasteiger partial charge in [-0.25, -0.2) is 0 Å². The topological polar surface area (TPSA) is 21.3 Å². The van der Waals surface area contributed by atoms with Gasteiger partial charge in [0.05, 0.1) is 6.54 Å². The van der Waals surface area contributed by atoms with Crippen molar-refractivity contribution >= 4 is 33.0 Å². The van der Waals surface area contributed by atoms with Crippen molar-refractivity contribution in [2.45, 2.75) is 6.54 Å². The van der Waals surface area contributed by atoms with Crippen LogP contribution >= 0.6 is 27.3 Å². The molecule has 0 aliphatic rings. The maximum Gasteiger partial charge on any atom is 0.129 e. The van der Waals surface area contributed by atoms with Crippen LogP contribution in [0, 0.1) is 0 Å². The maximum atomic E-state index is 5.83. The molecule has 0 saturated carbocycles. The van der Waals surface area contributed by atoms with E-state index in [0.29, 0.717) is 0 Å². The van der Waals surface area contributed by atoms with E-state index in [2.05, 4.69) is 32.7 Å². The van der Waals surface area contributed by atoms with E-state index < -0.39 is 0 Å². The lowest BCUT2D eigenvalue weighted by Gasteiger charge is -2.09. The first-order valence-corrected chi connectivity index (χ1v) is 8.27. The Balaban J connectivity index is 1.67. The average molecular weight is 360 g/mol. The minimum absolute atomic E-state index is 0.799. The summed E-state index contributed by atoms with van der Waals surface area (Å²) in [5, 5.41) is 5.49. The molecule has 1 heterocycles. The number of rotatable bonds is 5. The van der Waals surface area contributed by atoms with E-state index in [1.165, 1.54) is 4.88 Å². The number of hydrogen-bond donors (Lipinski definition) is 1. The molecular formula is C17H14BrNOS. The van der Waals surface area contributed by atoms with Gasteiger partial charge in [-0.1, -0.05) is 24.3 Å². The zero-order valence-corrected chi connectivity index (χ0v) is 13.7. The van der Waals surface area contributed by atoms with Gasteiger partial charge in [-0.15, -0.1) is 11.3 Å². The molecule has 21 heavy (non-hydrogen) atoms. The molecule has 0 saturated heterocycles. The Bertz CT molecular complexity index is 712. The molecule has 0 unspecified atom stereocenters. The third-order valence-electron chi connectivity index (χ3n) is 2.96. The summed E-state index contributed by atoms with van der Waals surface area (Å²) >= 11 is 5.28. The molecule has 0 atom stereocenters. The molecule has 0 amide bonds. The second-order valence-electron chi connectivity index (χ2n) is 4.49. The number of benzene rings is 2. The number of anilines is 1. The molecular weight excluding hydrogens is 346 g/mol. The molecule has 2 nitrogen and oxygen atoms in total. The largest absolute Gasteiger partial charge is 0.457 e. The van der Waals surface area contributed by atoms with Gasteiger partial charge in [0.2, 0.25) is 0 Å². The Kier molecular flexibility index (Phi) is 4.58. The predicted octanol–water partition coefficient (Wildman–Crippen LogP) is 5.92. The van der Waals surface area contributed by atoms with Gasteiger partial charge in [-0.3, -0.25) is 0 Å². The first-order chi connectivity index (χ1) is 10.3. The normalized spacial score (nSPS) is 10.3.